The number of fused-ring (bicyclic) bond motifs is 5. The van der Waals surface area contributed by atoms with Crippen LogP contribution in [0.15, 0.2) is 36.4 Å². The van der Waals surface area contributed by atoms with Crippen molar-refractivity contribution in [2.24, 2.45) is 11.5 Å². The maximum absolute atomic E-state index is 13.2. The number of hydrogen-bond donors (Lipinski definition) is 7. The summed E-state index contributed by atoms with van der Waals surface area (Å²) in [6.45, 7) is -0.146. The Morgan fingerprint density at radius 2 is 1.56 bits per heavy atom. The number of hydrogen-bond acceptors (Lipinski definition) is 8. The molecule has 1 aliphatic heterocycles. The van der Waals surface area contributed by atoms with Crippen molar-refractivity contribution in [3.63, 3.8) is 0 Å². The zero-order valence-corrected chi connectivity index (χ0v) is 20.3. The fourth-order valence-corrected chi connectivity index (χ4v) is 4.07. The van der Waals surface area contributed by atoms with E-state index in [2.05, 4.69) is 10.6 Å². The molecule has 2 aromatic carbocycles. The molecular weight excluding hydrogens is 466 g/mol. The Bertz CT molecular complexity index is 1140. The van der Waals surface area contributed by atoms with Gasteiger partial charge >= 0.3 is 0 Å². The third-order valence-corrected chi connectivity index (χ3v) is 6.16. The van der Waals surface area contributed by atoms with Gasteiger partial charge in [0.25, 0.3) is 0 Å². The van der Waals surface area contributed by atoms with Crippen molar-refractivity contribution in [3.05, 3.63) is 47.5 Å². The zero-order valence-electron chi connectivity index (χ0n) is 20.3. The van der Waals surface area contributed by atoms with Crippen molar-refractivity contribution in [2.75, 3.05) is 20.6 Å². The van der Waals surface area contributed by atoms with Gasteiger partial charge in [0.2, 0.25) is 17.7 Å². The Balaban J connectivity index is 2.12. The first kappa shape index (κ1) is 26.9. The Hall–Kier alpha value is -3.67. The average molecular weight is 500 g/mol. The molecule has 9 N–H and O–H groups in total. The molecule has 3 rings (SSSR count). The number of amides is 3. The van der Waals surface area contributed by atoms with Crippen molar-refractivity contribution in [3.8, 4) is 22.6 Å². The summed E-state index contributed by atoms with van der Waals surface area (Å²) in [6, 6.07) is 6.33. The Morgan fingerprint density at radius 3 is 2.08 bits per heavy atom. The lowest BCUT2D eigenvalue weighted by atomic mass is 9.95. The van der Waals surface area contributed by atoms with Crippen LogP contribution in [0.5, 0.6) is 11.5 Å². The van der Waals surface area contributed by atoms with Crippen LogP contribution in [0.1, 0.15) is 17.5 Å². The van der Waals surface area contributed by atoms with Crippen LogP contribution in [0.2, 0.25) is 0 Å². The molecule has 0 fully saturated rings. The van der Waals surface area contributed by atoms with E-state index in [1.807, 2.05) is 0 Å². The van der Waals surface area contributed by atoms with E-state index in [-0.39, 0.29) is 37.3 Å². The first-order valence-corrected chi connectivity index (χ1v) is 11.6. The van der Waals surface area contributed by atoms with E-state index >= 15 is 0 Å². The van der Waals surface area contributed by atoms with Crippen LogP contribution in [0.4, 0.5) is 0 Å². The van der Waals surface area contributed by atoms with Crippen molar-refractivity contribution in [1.82, 2.24) is 15.5 Å². The number of rotatable bonds is 4. The fourth-order valence-electron chi connectivity index (χ4n) is 4.07. The van der Waals surface area contributed by atoms with Crippen molar-refractivity contribution in [2.45, 2.75) is 43.5 Å². The van der Waals surface area contributed by atoms with Crippen LogP contribution in [-0.4, -0.2) is 82.8 Å². The van der Waals surface area contributed by atoms with Gasteiger partial charge < -0.3 is 42.3 Å². The number of phenols is 2. The number of nitrogens with one attached hydrogen (secondary N) is 2. The van der Waals surface area contributed by atoms with Gasteiger partial charge in [-0.1, -0.05) is 12.1 Å². The van der Waals surface area contributed by atoms with Gasteiger partial charge in [-0.15, -0.1) is 0 Å². The molecule has 0 aromatic heterocycles. The largest absolute Gasteiger partial charge is 0.508 e. The maximum atomic E-state index is 13.2. The molecular formula is C25H33N5O6. The smallest absolute Gasteiger partial charge is 0.244 e. The van der Waals surface area contributed by atoms with Gasteiger partial charge in [-0.05, 0) is 46.5 Å². The summed E-state index contributed by atoms with van der Waals surface area (Å²) in [5.41, 5.74) is 13.8. The molecule has 1 heterocycles. The molecule has 1 aliphatic rings. The number of carbonyl (C=O) groups is 3. The summed E-state index contributed by atoms with van der Waals surface area (Å²) in [4.78, 5) is 40.4. The molecule has 0 saturated carbocycles. The number of aliphatic hydroxyl groups excluding tert-OH is 1. The second-order valence-corrected chi connectivity index (χ2v) is 9.18. The normalized spacial score (nSPS) is 21.4. The van der Waals surface area contributed by atoms with Gasteiger partial charge in [-0.25, -0.2) is 0 Å². The number of aliphatic hydroxyl groups is 1. The topological polar surface area (TPSA) is 191 Å². The first-order chi connectivity index (χ1) is 17.0. The van der Waals surface area contributed by atoms with Crippen LogP contribution in [0.3, 0.4) is 0 Å². The molecule has 11 heteroatoms. The van der Waals surface area contributed by atoms with E-state index in [1.54, 1.807) is 24.3 Å². The molecule has 2 aromatic rings. The fraction of sp³-hybridized carbons (Fsp3) is 0.400. The summed E-state index contributed by atoms with van der Waals surface area (Å²) < 4.78 is 0. The summed E-state index contributed by atoms with van der Waals surface area (Å²) in [6.07, 6.45) is -1.35. The van der Waals surface area contributed by atoms with Crippen LogP contribution < -0.4 is 22.1 Å². The lowest BCUT2D eigenvalue weighted by molar-refractivity contribution is -0.136. The average Bonchev–Trinajstić information content (AvgIpc) is 2.84. The molecule has 4 bridgehead atoms. The molecule has 36 heavy (non-hydrogen) atoms. The molecule has 11 nitrogen and oxygen atoms in total. The van der Waals surface area contributed by atoms with Crippen LogP contribution in [0.25, 0.3) is 11.1 Å². The third kappa shape index (κ3) is 6.30. The van der Waals surface area contributed by atoms with E-state index in [0.717, 1.165) is 0 Å². The summed E-state index contributed by atoms with van der Waals surface area (Å²) >= 11 is 0. The quantitative estimate of drug-likeness (QED) is 0.277. The van der Waals surface area contributed by atoms with Gasteiger partial charge in [0.15, 0.2) is 0 Å². The SMILES string of the molecule is CN(C)C(=O)[C@H]1Cc2cc(ccc2O)-c2ccc(O)c(c2)C[C@@H](N)C(=O)N[C@H](C[C@@H](O)CN)C(=O)N1. The summed E-state index contributed by atoms with van der Waals surface area (Å²) in [5.74, 6) is -1.91. The van der Waals surface area contributed by atoms with E-state index in [4.69, 9.17) is 11.5 Å². The van der Waals surface area contributed by atoms with Crippen LogP contribution in [0, 0.1) is 0 Å². The number of likely N-dealkylation sites (N-methyl/N-ethyl adjacent to an activating group) is 1. The molecule has 0 saturated heterocycles. The highest BCUT2D eigenvalue weighted by Gasteiger charge is 2.31. The van der Waals surface area contributed by atoms with Gasteiger partial charge in [-0.2, -0.15) is 0 Å². The number of carbonyl (C=O) groups excluding carboxylic acids is 3. The van der Waals surface area contributed by atoms with Gasteiger partial charge in [-0.3, -0.25) is 14.4 Å². The first-order valence-electron chi connectivity index (χ1n) is 11.6. The minimum Gasteiger partial charge on any atom is -0.508 e. The molecule has 0 spiro atoms. The highest BCUT2D eigenvalue weighted by molar-refractivity contribution is 5.93. The van der Waals surface area contributed by atoms with Crippen molar-refractivity contribution in [1.29, 1.82) is 0 Å². The molecule has 0 aliphatic carbocycles. The summed E-state index contributed by atoms with van der Waals surface area (Å²) in [7, 11) is 3.07. The van der Waals surface area contributed by atoms with Gasteiger partial charge in [0.05, 0.1) is 12.1 Å². The number of benzene rings is 2. The third-order valence-electron chi connectivity index (χ3n) is 6.16. The molecule has 4 atom stereocenters. The second-order valence-electron chi connectivity index (χ2n) is 9.18. The zero-order chi connectivity index (χ0) is 26.6. The minimum atomic E-state index is -1.23. The predicted octanol–water partition coefficient (Wildman–Crippen LogP) is -1.04. The second kappa shape index (κ2) is 11.4. The highest BCUT2D eigenvalue weighted by Crippen LogP contribution is 2.31. The number of aromatic hydroxyl groups is 2. The number of nitrogens with zero attached hydrogens (tertiary/aromatic N) is 1. The van der Waals surface area contributed by atoms with E-state index in [0.29, 0.717) is 22.3 Å². The van der Waals surface area contributed by atoms with Gasteiger partial charge in [0, 0.05) is 39.9 Å². The van der Waals surface area contributed by atoms with Gasteiger partial charge in [0.1, 0.15) is 23.6 Å². The minimum absolute atomic E-state index is 0.0219. The molecule has 3 amide bonds. The van der Waals surface area contributed by atoms with E-state index < -0.39 is 42.0 Å². The van der Waals surface area contributed by atoms with E-state index in [9.17, 15) is 29.7 Å². The Labute approximate surface area is 209 Å². The van der Waals surface area contributed by atoms with E-state index in [1.165, 1.54) is 31.1 Å². The van der Waals surface area contributed by atoms with Crippen LogP contribution >= 0.6 is 0 Å². The molecule has 0 radical (unpaired) electrons. The number of phenolic OH excluding ortho intramolecular Hbond substituents is 2. The molecule has 0 unspecified atom stereocenters. The van der Waals surface area contributed by atoms with Crippen molar-refractivity contribution < 1.29 is 29.7 Å². The van der Waals surface area contributed by atoms with Crippen molar-refractivity contribution >= 4 is 17.7 Å². The Kier molecular flexibility index (Phi) is 8.51. The maximum Gasteiger partial charge on any atom is 0.244 e. The van der Waals surface area contributed by atoms with Crippen LogP contribution in [-0.2, 0) is 27.2 Å². The Morgan fingerprint density at radius 1 is 1.00 bits per heavy atom. The summed E-state index contributed by atoms with van der Waals surface area (Å²) in [5, 5.41) is 36.1. The highest BCUT2D eigenvalue weighted by atomic mass is 16.3. The lowest BCUT2D eigenvalue weighted by Gasteiger charge is -2.27. The predicted molar refractivity (Wildman–Crippen MR) is 133 cm³/mol. The monoisotopic (exact) mass is 499 g/mol. The lowest BCUT2D eigenvalue weighted by Crippen LogP contribution is -2.57. The molecule has 194 valence electrons. The standard InChI is InChI=1S/C25H33N5O6/c1-30(2)25(36)20-10-16-8-14(4-6-22(16)33)13-3-5-21(32)15(7-13)9-18(27)23(34)28-19(24(35)29-20)11-17(31)12-26/h3-8,17-20,31-33H,9-12,26-27H2,1-2H3,(H,28,34)(H,29,35)/t17-,18-,19-,20-/m1/s1. The number of nitrogens with two attached hydrogens (primary N) is 2.